The number of thiophene rings is 1. The molecular formula is C28H38N2O3S. The molecule has 0 saturated carbocycles. The van der Waals surface area contributed by atoms with Crippen LogP contribution >= 0.6 is 11.3 Å². The zero-order valence-corrected chi connectivity index (χ0v) is 22.0. The molecule has 1 aliphatic rings. The highest BCUT2D eigenvalue weighted by atomic mass is 32.1. The first-order valence-corrected chi connectivity index (χ1v) is 12.9. The van der Waals surface area contributed by atoms with Gasteiger partial charge in [-0.25, -0.2) is 0 Å². The van der Waals surface area contributed by atoms with Crippen LogP contribution in [0.2, 0.25) is 0 Å². The average molecular weight is 483 g/mol. The Kier molecular flexibility index (Phi) is 8.58. The standard InChI is InChI=1S/C28H38N2O3S/c1-7-14-29(25(31)17-20(2)18-28(3,4)5)19-26(32)30-15-12-24-23(13-16-34-24)27(30)21-8-10-22(33-6)11-9-21/h7-11,13,16,20,27H,1,12,14-15,17-19H2,2-6H3. The number of nitrogens with zero attached hydrogens (tertiary/aromatic N) is 2. The van der Waals surface area contributed by atoms with Crippen molar-refractivity contribution in [2.24, 2.45) is 11.3 Å². The zero-order valence-electron chi connectivity index (χ0n) is 21.2. The van der Waals surface area contributed by atoms with Gasteiger partial charge in [-0.2, -0.15) is 0 Å². The predicted molar refractivity (Wildman–Crippen MR) is 139 cm³/mol. The van der Waals surface area contributed by atoms with Gasteiger partial charge in [0, 0.05) is 24.4 Å². The van der Waals surface area contributed by atoms with E-state index in [-0.39, 0.29) is 35.7 Å². The van der Waals surface area contributed by atoms with Crippen LogP contribution in [0.15, 0.2) is 48.4 Å². The minimum Gasteiger partial charge on any atom is -0.497 e. The number of ether oxygens (including phenoxy) is 1. The van der Waals surface area contributed by atoms with E-state index >= 15 is 0 Å². The Hall–Kier alpha value is -2.60. The Balaban J connectivity index is 1.79. The van der Waals surface area contributed by atoms with Gasteiger partial charge in [0.25, 0.3) is 0 Å². The molecule has 1 aliphatic heterocycles. The average Bonchev–Trinajstić information content (AvgIpc) is 3.25. The summed E-state index contributed by atoms with van der Waals surface area (Å²) in [6, 6.07) is 9.88. The second kappa shape index (κ2) is 11.2. The first kappa shape index (κ1) is 26.0. The van der Waals surface area contributed by atoms with E-state index < -0.39 is 0 Å². The predicted octanol–water partition coefficient (Wildman–Crippen LogP) is 5.71. The van der Waals surface area contributed by atoms with Gasteiger partial charge in [-0.15, -0.1) is 17.9 Å². The van der Waals surface area contributed by atoms with Crippen LogP contribution in [-0.2, 0) is 16.0 Å². The van der Waals surface area contributed by atoms with Gasteiger partial charge >= 0.3 is 0 Å². The fourth-order valence-electron chi connectivity index (χ4n) is 4.94. The second-order valence-electron chi connectivity index (χ2n) is 10.4. The third-order valence-electron chi connectivity index (χ3n) is 6.23. The van der Waals surface area contributed by atoms with Crippen molar-refractivity contribution in [2.45, 2.75) is 53.0 Å². The van der Waals surface area contributed by atoms with Crippen molar-refractivity contribution >= 4 is 23.2 Å². The number of hydrogen-bond acceptors (Lipinski definition) is 4. The fraction of sp³-hybridized carbons (Fsp3) is 0.500. The first-order chi connectivity index (χ1) is 16.1. The molecule has 2 unspecified atom stereocenters. The fourth-order valence-corrected chi connectivity index (χ4v) is 5.84. The molecule has 0 aliphatic carbocycles. The van der Waals surface area contributed by atoms with Crippen LogP contribution < -0.4 is 4.74 Å². The summed E-state index contributed by atoms with van der Waals surface area (Å²) >= 11 is 1.74. The van der Waals surface area contributed by atoms with Crippen LogP contribution in [0.4, 0.5) is 0 Å². The highest BCUT2D eigenvalue weighted by molar-refractivity contribution is 7.10. The van der Waals surface area contributed by atoms with Crippen molar-refractivity contribution in [3.63, 3.8) is 0 Å². The van der Waals surface area contributed by atoms with Crippen LogP contribution in [0.5, 0.6) is 5.75 Å². The van der Waals surface area contributed by atoms with Gasteiger partial charge in [-0.1, -0.05) is 45.9 Å². The van der Waals surface area contributed by atoms with Gasteiger partial charge in [0.15, 0.2) is 0 Å². The van der Waals surface area contributed by atoms with Crippen molar-refractivity contribution < 1.29 is 14.3 Å². The molecule has 2 aromatic rings. The molecule has 2 heterocycles. The number of fused-ring (bicyclic) bond motifs is 1. The molecule has 2 atom stereocenters. The largest absolute Gasteiger partial charge is 0.497 e. The molecule has 34 heavy (non-hydrogen) atoms. The Morgan fingerprint density at radius 3 is 2.59 bits per heavy atom. The van der Waals surface area contributed by atoms with E-state index in [1.54, 1.807) is 29.4 Å². The number of carbonyl (C=O) groups excluding carboxylic acids is 2. The van der Waals surface area contributed by atoms with Crippen molar-refractivity contribution in [1.29, 1.82) is 0 Å². The van der Waals surface area contributed by atoms with E-state index in [2.05, 4.69) is 45.7 Å². The number of methoxy groups -OCH3 is 1. The maximum atomic E-state index is 13.6. The van der Waals surface area contributed by atoms with Crippen molar-refractivity contribution in [2.75, 3.05) is 26.7 Å². The van der Waals surface area contributed by atoms with E-state index in [4.69, 9.17) is 4.74 Å². The molecule has 0 N–H and O–H groups in total. The number of benzene rings is 1. The summed E-state index contributed by atoms with van der Waals surface area (Å²) in [6.45, 7) is 13.6. The van der Waals surface area contributed by atoms with E-state index in [1.807, 2.05) is 29.2 Å². The molecule has 0 fully saturated rings. The van der Waals surface area contributed by atoms with Gasteiger partial charge in [0.1, 0.15) is 12.3 Å². The van der Waals surface area contributed by atoms with Gasteiger partial charge in [0.2, 0.25) is 11.8 Å². The van der Waals surface area contributed by atoms with Gasteiger partial charge in [-0.05, 0) is 58.9 Å². The lowest BCUT2D eigenvalue weighted by Crippen LogP contribution is -2.47. The summed E-state index contributed by atoms with van der Waals surface area (Å²) in [5.74, 6) is 1.02. The molecule has 5 nitrogen and oxygen atoms in total. The number of amides is 2. The molecule has 0 radical (unpaired) electrons. The van der Waals surface area contributed by atoms with E-state index in [1.165, 1.54) is 10.4 Å². The van der Waals surface area contributed by atoms with E-state index in [9.17, 15) is 9.59 Å². The van der Waals surface area contributed by atoms with Crippen LogP contribution in [0.3, 0.4) is 0 Å². The topological polar surface area (TPSA) is 49.9 Å². The molecule has 2 amide bonds. The third kappa shape index (κ3) is 6.50. The number of carbonyl (C=O) groups is 2. The highest BCUT2D eigenvalue weighted by Gasteiger charge is 2.34. The Morgan fingerprint density at radius 1 is 1.26 bits per heavy atom. The smallest absolute Gasteiger partial charge is 0.243 e. The number of hydrogen-bond donors (Lipinski definition) is 0. The minimum absolute atomic E-state index is 0.0132. The summed E-state index contributed by atoms with van der Waals surface area (Å²) in [5, 5.41) is 2.10. The molecule has 0 bridgehead atoms. The van der Waals surface area contributed by atoms with Gasteiger partial charge in [0.05, 0.1) is 13.2 Å². The van der Waals surface area contributed by atoms with Crippen molar-refractivity contribution in [3.8, 4) is 5.75 Å². The molecule has 184 valence electrons. The van der Waals surface area contributed by atoms with Crippen LogP contribution in [0, 0.1) is 11.3 Å². The lowest BCUT2D eigenvalue weighted by atomic mass is 9.84. The van der Waals surface area contributed by atoms with Crippen LogP contribution in [0.1, 0.15) is 62.6 Å². The molecule has 1 aromatic heterocycles. The maximum Gasteiger partial charge on any atom is 0.243 e. The summed E-state index contributed by atoms with van der Waals surface area (Å²) in [4.78, 5) is 31.6. The molecule has 3 rings (SSSR count). The molecule has 6 heteroatoms. The number of rotatable bonds is 9. The molecule has 1 aromatic carbocycles. The molecule has 0 spiro atoms. The maximum absolute atomic E-state index is 13.6. The molecular weight excluding hydrogens is 444 g/mol. The minimum atomic E-state index is -0.158. The monoisotopic (exact) mass is 482 g/mol. The quantitative estimate of drug-likeness (QED) is 0.430. The Bertz CT molecular complexity index is 990. The van der Waals surface area contributed by atoms with Crippen molar-refractivity contribution in [3.05, 3.63) is 64.4 Å². The summed E-state index contributed by atoms with van der Waals surface area (Å²) < 4.78 is 5.32. The summed E-state index contributed by atoms with van der Waals surface area (Å²) in [7, 11) is 1.65. The second-order valence-corrected chi connectivity index (χ2v) is 11.4. The van der Waals surface area contributed by atoms with Gasteiger partial charge < -0.3 is 14.5 Å². The van der Waals surface area contributed by atoms with Crippen LogP contribution in [-0.4, -0.2) is 48.4 Å². The third-order valence-corrected chi connectivity index (χ3v) is 7.23. The van der Waals surface area contributed by atoms with Gasteiger partial charge in [-0.3, -0.25) is 9.59 Å². The SMILES string of the molecule is C=CCN(CC(=O)N1CCc2sccc2C1c1ccc(OC)cc1)C(=O)CC(C)CC(C)(C)C. The highest BCUT2D eigenvalue weighted by Crippen LogP contribution is 2.38. The Labute approximate surface area is 208 Å². The Morgan fingerprint density at radius 2 is 1.97 bits per heavy atom. The molecule has 0 saturated heterocycles. The zero-order chi connectivity index (χ0) is 24.9. The lowest BCUT2D eigenvalue weighted by Gasteiger charge is -2.37. The van der Waals surface area contributed by atoms with E-state index in [0.29, 0.717) is 19.5 Å². The summed E-state index contributed by atoms with van der Waals surface area (Å²) in [6.07, 6.45) is 3.94. The van der Waals surface area contributed by atoms with Crippen LogP contribution in [0.25, 0.3) is 0 Å². The van der Waals surface area contributed by atoms with Crippen molar-refractivity contribution in [1.82, 2.24) is 9.80 Å². The first-order valence-electron chi connectivity index (χ1n) is 12.0. The lowest BCUT2D eigenvalue weighted by molar-refractivity contribution is -0.141. The summed E-state index contributed by atoms with van der Waals surface area (Å²) in [5.41, 5.74) is 2.39. The normalized spacial score (nSPS) is 16.5. The van der Waals surface area contributed by atoms with E-state index in [0.717, 1.165) is 24.2 Å².